The third-order valence-corrected chi connectivity index (χ3v) is 6.62. The van der Waals surface area contributed by atoms with E-state index in [0.717, 1.165) is 62.9 Å². The van der Waals surface area contributed by atoms with Crippen molar-refractivity contribution in [2.24, 2.45) is 0 Å². The molecule has 8 nitrogen and oxygen atoms in total. The third kappa shape index (κ3) is 39.0. The summed E-state index contributed by atoms with van der Waals surface area (Å²) in [6, 6.07) is 0. The molecule has 0 saturated heterocycles. The van der Waals surface area contributed by atoms with Gasteiger partial charge in [0.15, 0.2) is 0 Å². The Bertz CT molecular complexity index is 569. The number of rotatable bonds is 22. The van der Waals surface area contributed by atoms with Gasteiger partial charge in [-0.15, -0.1) is 0 Å². The zero-order valence-electron chi connectivity index (χ0n) is 23.8. The number of carboxylic acids is 2. The molecule has 0 spiro atoms. The number of carboxylic acid groups (broad SMARTS) is 2. The van der Waals surface area contributed by atoms with Crippen LogP contribution in [0, 0.1) is 0 Å². The molecule has 2 N–H and O–H groups in total. The quantitative estimate of drug-likeness (QED) is 0.0482. The molecule has 0 bridgehead atoms. The van der Waals surface area contributed by atoms with Crippen LogP contribution < -0.4 is 50.4 Å². The van der Waals surface area contributed by atoms with E-state index >= 15 is 0 Å². The van der Waals surface area contributed by atoms with Crippen LogP contribution in [0.25, 0.3) is 0 Å². The van der Waals surface area contributed by atoms with Crippen LogP contribution in [0.2, 0.25) is 0 Å². The summed E-state index contributed by atoms with van der Waals surface area (Å²) in [6.07, 6.45) is 9.45. The molecule has 0 aliphatic carbocycles. The Morgan fingerprint density at radius 2 is 0.947 bits per heavy atom. The van der Waals surface area contributed by atoms with Gasteiger partial charge in [-0.3, -0.25) is 9.59 Å². The second-order valence-electron chi connectivity index (χ2n) is 8.47. The summed E-state index contributed by atoms with van der Waals surface area (Å²) in [4.78, 5) is 43.0. The van der Waals surface area contributed by atoms with Crippen molar-refractivity contribution in [1.82, 2.24) is 10.6 Å². The second kappa shape index (κ2) is 34.1. The molecular weight excluding hydrogens is 629 g/mol. The SMILES string of the molecule is O=C([O-])CCCNC(=O)CCCCC(S)CCS.O=C([O-])CCCNC(=O)CCCCC(S)CCS.[H-].[Na+].[Zn+2]. The average molecular weight is 674 g/mol. The topological polar surface area (TPSA) is 138 Å². The van der Waals surface area contributed by atoms with Gasteiger partial charge in [0.25, 0.3) is 0 Å². The molecular formula is C24H45N2NaO6S4Zn. The normalized spacial score (nSPS) is 11.5. The van der Waals surface area contributed by atoms with Crippen LogP contribution >= 0.6 is 50.5 Å². The van der Waals surface area contributed by atoms with Gasteiger partial charge in [-0.05, 0) is 75.7 Å². The van der Waals surface area contributed by atoms with Gasteiger partial charge < -0.3 is 31.9 Å². The van der Waals surface area contributed by atoms with E-state index in [-0.39, 0.29) is 75.1 Å². The summed E-state index contributed by atoms with van der Waals surface area (Å²) in [6.45, 7) is 0.809. The summed E-state index contributed by atoms with van der Waals surface area (Å²) < 4.78 is 0. The summed E-state index contributed by atoms with van der Waals surface area (Å²) in [5.74, 6) is -0.502. The van der Waals surface area contributed by atoms with Crippen molar-refractivity contribution >= 4 is 74.3 Å². The Balaban J connectivity index is -0.000000183. The fourth-order valence-corrected chi connectivity index (χ4v) is 4.67. The number of hydrogen-bond donors (Lipinski definition) is 6. The van der Waals surface area contributed by atoms with Gasteiger partial charge in [-0.2, -0.15) is 50.5 Å². The molecule has 0 saturated carbocycles. The van der Waals surface area contributed by atoms with Crippen molar-refractivity contribution in [3.8, 4) is 0 Å². The molecule has 0 aromatic rings. The molecule has 0 aromatic carbocycles. The van der Waals surface area contributed by atoms with E-state index in [0.29, 0.717) is 49.3 Å². The standard InChI is InChI=1S/2C12H23NO3S2.Na.Zn.H/c2*14-11(13-8-3-6-12(15)16)5-2-1-4-10(18)7-9-17;;;/h2*10,17-18H,1-9H2,(H,13,14)(H,15,16);;;/q;;+1;+2;-1/p-2. The van der Waals surface area contributed by atoms with Crippen LogP contribution in [0.15, 0.2) is 0 Å². The van der Waals surface area contributed by atoms with Crippen molar-refractivity contribution in [1.29, 1.82) is 0 Å². The van der Waals surface area contributed by atoms with Gasteiger partial charge in [0.2, 0.25) is 11.8 Å². The molecule has 0 aromatic heterocycles. The first-order chi connectivity index (χ1) is 17.1. The van der Waals surface area contributed by atoms with Crippen LogP contribution in [0.5, 0.6) is 0 Å². The third-order valence-electron chi connectivity index (χ3n) is 5.07. The molecule has 14 heteroatoms. The molecule has 214 valence electrons. The Morgan fingerprint density at radius 3 is 1.24 bits per heavy atom. The number of unbranched alkanes of at least 4 members (excludes halogenated alkanes) is 2. The number of nitrogens with one attached hydrogen (secondary N) is 2. The minimum atomic E-state index is -1.08. The van der Waals surface area contributed by atoms with E-state index in [1.807, 2.05) is 0 Å². The Morgan fingerprint density at radius 1 is 0.605 bits per heavy atom. The van der Waals surface area contributed by atoms with Gasteiger partial charge in [0.1, 0.15) is 0 Å². The summed E-state index contributed by atoms with van der Waals surface area (Å²) >= 11 is 17.1. The van der Waals surface area contributed by atoms with Gasteiger partial charge in [-0.25, -0.2) is 0 Å². The summed E-state index contributed by atoms with van der Waals surface area (Å²) in [5.41, 5.74) is 0. The first-order valence-electron chi connectivity index (χ1n) is 12.6. The smallest absolute Gasteiger partial charge is 1.00 e. The maximum atomic E-state index is 11.4. The fourth-order valence-electron chi connectivity index (χ4n) is 3.02. The summed E-state index contributed by atoms with van der Waals surface area (Å²) in [7, 11) is 0. The van der Waals surface area contributed by atoms with E-state index in [1.54, 1.807) is 0 Å². The van der Waals surface area contributed by atoms with Gasteiger partial charge >= 0.3 is 49.0 Å². The number of carbonyl (C=O) groups is 4. The van der Waals surface area contributed by atoms with Crippen LogP contribution in [-0.2, 0) is 38.7 Å². The van der Waals surface area contributed by atoms with Crippen LogP contribution in [0.4, 0.5) is 0 Å². The van der Waals surface area contributed by atoms with Crippen LogP contribution in [-0.4, -0.2) is 58.8 Å². The molecule has 0 heterocycles. The molecule has 0 radical (unpaired) electrons. The first kappa shape index (κ1) is 45.9. The van der Waals surface area contributed by atoms with E-state index < -0.39 is 11.9 Å². The molecule has 2 amide bonds. The number of aliphatic carboxylic acids is 2. The van der Waals surface area contributed by atoms with Crippen molar-refractivity contribution in [3.05, 3.63) is 0 Å². The molecule has 0 aliphatic rings. The number of carbonyl (C=O) groups excluding carboxylic acids is 4. The minimum absolute atomic E-state index is 0. The van der Waals surface area contributed by atoms with Crippen LogP contribution in [0.1, 0.15) is 91.3 Å². The minimum Gasteiger partial charge on any atom is -1.00 e. The van der Waals surface area contributed by atoms with Crippen molar-refractivity contribution in [2.45, 2.75) is 100 Å². The molecule has 0 aliphatic heterocycles. The zero-order chi connectivity index (χ0) is 27.6. The van der Waals surface area contributed by atoms with Gasteiger partial charge in [0.05, 0.1) is 0 Å². The van der Waals surface area contributed by atoms with Crippen LogP contribution in [0.3, 0.4) is 0 Å². The Labute approximate surface area is 287 Å². The average Bonchev–Trinajstić information content (AvgIpc) is 2.81. The van der Waals surface area contributed by atoms with Crippen molar-refractivity contribution in [3.63, 3.8) is 0 Å². The van der Waals surface area contributed by atoms with E-state index in [2.05, 4.69) is 61.1 Å². The molecule has 0 fully saturated rings. The van der Waals surface area contributed by atoms with E-state index in [4.69, 9.17) is 0 Å². The van der Waals surface area contributed by atoms with Crippen molar-refractivity contribution < 1.29 is 79.9 Å². The monoisotopic (exact) mass is 672 g/mol. The Kier molecular flexibility index (Phi) is 41.2. The predicted octanol–water partition coefficient (Wildman–Crippen LogP) is -1.26. The Hall–Kier alpha value is 0.903. The van der Waals surface area contributed by atoms with E-state index in [1.165, 1.54) is 0 Å². The fraction of sp³-hybridized carbons (Fsp3) is 0.833. The van der Waals surface area contributed by atoms with Gasteiger partial charge in [0, 0.05) is 48.4 Å². The number of thiol groups is 4. The molecule has 0 rings (SSSR count). The number of amides is 2. The number of hydrogen-bond acceptors (Lipinski definition) is 10. The molecule has 2 atom stereocenters. The summed E-state index contributed by atoms with van der Waals surface area (Å²) in [5, 5.41) is 26.4. The maximum absolute atomic E-state index is 11.4. The van der Waals surface area contributed by atoms with Crippen molar-refractivity contribution in [2.75, 3.05) is 24.6 Å². The second-order valence-corrected chi connectivity index (χ2v) is 10.8. The largest absolute Gasteiger partial charge is 2.00 e. The maximum Gasteiger partial charge on any atom is 2.00 e. The van der Waals surface area contributed by atoms with E-state index in [9.17, 15) is 29.4 Å². The van der Waals surface area contributed by atoms with Gasteiger partial charge in [-0.1, -0.05) is 12.8 Å². The zero-order valence-corrected chi connectivity index (χ0v) is 31.4. The molecule has 38 heavy (non-hydrogen) atoms. The first-order valence-corrected chi connectivity index (χ1v) is 14.9. The predicted molar refractivity (Wildman–Crippen MR) is 155 cm³/mol. The molecule has 2 unspecified atom stereocenters.